The Morgan fingerprint density at radius 2 is 2.39 bits per heavy atom. The van der Waals surface area contributed by atoms with Crippen LogP contribution in [-0.2, 0) is 4.79 Å². The third-order valence-corrected chi connectivity index (χ3v) is 3.12. The normalized spacial score (nSPS) is 19.3. The molecular weight excluding hydrogens is 260 g/mol. The number of aromatic nitrogens is 2. The van der Waals surface area contributed by atoms with Crippen molar-refractivity contribution in [1.29, 1.82) is 0 Å². The van der Waals surface area contributed by atoms with Gasteiger partial charge in [0.15, 0.2) is 0 Å². The molecule has 0 aromatic carbocycles. The molecule has 2 rings (SSSR count). The van der Waals surface area contributed by atoms with Gasteiger partial charge in [-0.3, -0.25) is 19.8 Å². The molecule has 8 heteroatoms. The highest BCUT2D eigenvalue weighted by Gasteiger charge is 2.36. The highest BCUT2D eigenvalue weighted by molar-refractivity contribution is 6.28. The van der Waals surface area contributed by atoms with Gasteiger partial charge in [0.05, 0.1) is 4.92 Å². The number of carbonyl (C=O) groups excluding carboxylic acids is 1. The molecule has 0 bridgehead atoms. The average molecular weight is 271 g/mol. The van der Waals surface area contributed by atoms with Crippen LogP contribution < -0.4 is 4.90 Å². The van der Waals surface area contributed by atoms with E-state index in [1.165, 1.54) is 4.90 Å². The predicted molar refractivity (Wildman–Crippen MR) is 64.5 cm³/mol. The zero-order chi connectivity index (χ0) is 13.3. The SMILES string of the molecule is CC[C@H]1CCC(=O)N1c1nc(Cl)ncc1[N+](=O)[O-]. The lowest BCUT2D eigenvalue weighted by molar-refractivity contribution is -0.384. The number of halogens is 1. The van der Waals surface area contributed by atoms with E-state index in [1.807, 2.05) is 6.92 Å². The molecule has 1 aliphatic rings. The molecular formula is C10H11ClN4O3. The lowest BCUT2D eigenvalue weighted by Crippen LogP contribution is -2.33. The van der Waals surface area contributed by atoms with E-state index in [-0.39, 0.29) is 28.7 Å². The second kappa shape index (κ2) is 4.85. The van der Waals surface area contributed by atoms with Gasteiger partial charge in [0, 0.05) is 12.5 Å². The fourth-order valence-electron chi connectivity index (χ4n) is 2.07. The quantitative estimate of drug-likeness (QED) is 0.476. The van der Waals surface area contributed by atoms with Crippen LogP contribution in [0, 0.1) is 10.1 Å². The fraction of sp³-hybridized carbons (Fsp3) is 0.500. The van der Waals surface area contributed by atoms with Gasteiger partial charge in [0.25, 0.3) is 0 Å². The smallest absolute Gasteiger partial charge is 0.288 e. The molecule has 1 fully saturated rings. The Balaban J connectivity index is 2.51. The van der Waals surface area contributed by atoms with E-state index in [9.17, 15) is 14.9 Å². The Bertz CT molecular complexity index is 508. The standard InChI is InChI=1S/C10H11ClN4O3/c1-2-6-3-4-8(16)14(6)9-7(15(17)18)5-12-10(11)13-9/h5-6H,2-4H2,1H3/t6-/m0/s1. The number of rotatable bonds is 3. The van der Waals surface area contributed by atoms with Gasteiger partial charge < -0.3 is 0 Å². The Morgan fingerprint density at radius 1 is 1.67 bits per heavy atom. The molecule has 0 saturated carbocycles. The molecule has 0 unspecified atom stereocenters. The van der Waals surface area contributed by atoms with E-state index in [0.29, 0.717) is 19.3 Å². The summed E-state index contributed by atoms with van der Waals surface area (Å²) in [5.74, 6) is -0.172. The largest absolute Gasteiger partial charge is 0.330 e. The Hall–Kier alpha value is -1.76. The summed E-state index contributed by atoms with van der Waals surface area (Å²) in [6.07, 6.45) is 2.79. The van der Waals surface area contributed by atoms with Crippen LogP contribution in [0.3, 0.4) is 0 Å². The molecule has 0 aliphatic carbocycles. The Morgan fingerprint density at radius 3 is 3.00 bits per heavy atom. The molecule has 0 radical (unpaired) electrons. The van der Waals surface area contributed by atoms with Crippen LogP contribution in [0.2, 0.25) is 5.28 Å². The second-order valence-corrected chi connectivity index (χ2v) is 4.31. The van der Waals surface area contributed by atoms with Crippen LogP contribution in [0.25, 0.3) is 0 Å². The molecule has 1 aromatic heterocycles. The molecule has 1 atom stereocenters. The third-order valence-electron chi connectivity index (χ3n) is 2.94. The van der Waals surface area contributed by atoms with E-state index >= 15 is 0 Å². The summed E-state index contributed by atoms with van der Waals surface area (Å²) in [5.41, 5.74) is -0.298. The third kappa shape index (κ3) is 2.13. The minimum absolute atomic E-state index is 0.00523. The van der Waals surface area contributed by atoms with Crippen LogP contribution in [-0.4, -0.2) is 26.8 Å². The first-order chi connectivity index (χ1) is 8.54. The average Bonchev–Trinajstić information content (AvgIpc) is 2.69. The Kier molecular flexibility index (Phi) is 3.42. The molecule has 1 saturated heterocycles. The summed E-state index contributed by atoms with van der Waals surface area (Å²) in [6.45, 7) is 1.92. The first kappa shape index (κ1) is 12.7. The summed E-state index contributed by atoms with van der Waals surface area (Å²) >= 11 is 5.66. The molecule has 1 aliphatic heterocycles. The van der Waals surface area contributed by atoms with Gasteiger partial charge in [0.2, 0.25) is 17.0 Å². The number of nitro groups is 1. The van der Waals surface area contributed by atoms with Crippen molar-refractivity contribution in [3.05, 3.63) is 21.6 Å². The summed E-state index contributed by atoms with van der Waals surface area (Å²) < 4.78 is 0. The van der Waals surface area contributed by atoms with E-state index in [0.717, 1.165) is 6.20 Å². The van der Waals surface area contributed by atoms with Crippen LogP contribution in [0.1, 0.15) is 26.2 Å². The molecule has 2 heterocycles. The van der Waals surface area contributed by atoms with Crippen LogP contribution in [0.15, 0.2) is 6.20 Å². The van der Waals surface area contributed by atoms with E-state index in [1.54, 1.807) is 0 Å². The number of amides is 1. The van der Waals surface area contributed by atoms with Crippen molar-refractivity contribution in [2.24, 2.45) is 0 Å². The number of hydrogen-bond acceptors (Lipinski definition) is 5. The summed E-state index contributed by atoms with van der Waals surface area (Å²) in [6, 6.07) is -0.0674. The zero-order valence-corrected chi connectivity index (χ0v) is 10.4. The molecule has 7 nitrogen and oxygen atoms in total. The van der Waals surface area contributed by atoms with E-state index < -0.39 is 4.92 Å². The Labute approximate surface area is 108 Å². The maximum absolute atomic E-state index is 11.8. The maximum atomic E-state index is 11.8. The molecule has 0 N–H and O–H groups in total. The molecule has 0 spiro atoms. The van der Waals surface area contributed by atoms with Crippen LogP contribution in [0.4, 0.5) is 11.5 Å². The van der Waals surface area contributed by atoms with Crippen molar-refractivity contribution in [3.63, 3.8) is 0 Å². The van der Waals surface area contributed by atoms with E-state index in [2.05, 4.69) is 9.97 Å². The van der Waals surface area contributed by atoms with Gasteiger partial charge in [-0.1, -0.05) is 6.92 Å². The van der Waals surface area contributed by atoms with Gasteiger partial charge >= 0.3 is 5.69 Å². The number of nitrogens with zero attached hydrogens (tertiary/aromatic N) is 4. The lowest BCUT2D eigenvalue weighted by Gasteiger charge is -2.22. The van der Waals surface area contributed by atoms with Gasteiger partial charge in [-0.05, 0) is 24.4 Å². The number of hydrogen-bond donors (Lipinski definition) is 0. The maximum Gasteiger partial charge on any atom is 0.330 e. The zero-order valence-electron chi connectivity index (χ0n) is 9.67. The molecule has 18 heavy (non-hydrogen) atoms. The fourth-order valence-corrected chi connectivity index (χ4v) is 2.20. The lowest BCUT2D eigenvalue weighted by atomic mass is 10.2. The van der Waals surface area contributed by atoms with Crippen LogP contribution >= 0.6 is 11.6 Å². The van der Waals surface area contributed by atoms with Gasteiger partial charge in [-0.2, -0.15) is 4.98 Å². The number of carbonyl (C=O) groups is 1. The first-order valence-electron chi connectivity index (χ1n) is 5.53. The van der Waals surface area contributed by atoms with Crippen molar-refractivity contribution in [3.8, 4) is 0 Å². The van der Waals surface area contributed by atoms with Gasteiger partial charge in [0.1, 0.15) is 6.20 Å². The topological polar surface area (TPSA) is 89.2 Å². The predicted octanol–water partition coefficient (Wildman–Crippen LogP) is 1.94. The summed E-state index contributed by atoms with van der Waals surface area (Å²) in [4.78, 5) is 31.0. The van der Waals surface area contributed by atoms with Crippen molar-refractivity contribution in [1.82, 2.24) is 9.97 Å². The minimum Gasteiger partial charge on any atom is -0.288 e. The van der Waals surface area contributed by atoms with Crippen LogP contribution in [0.5, 0.6) is 0 Å². The highest BCUT2D eigenvalue weighted by atomic mass is 35.5. The van der Waals surface area contributed by atoms with Crippen molar-refractivity contribution < 1.29 is 9.72 Å². The monoisotopic (exact) mass is 270 g/mol. The first-order valence-corrected chi connectivity index (χ1v) is 5.91. The minimum atomic E-state index is -0.607. The summed E-state index contributed by atoms with van der Waals surface area (Å²) in [5, 5.41) is 10.8. The van der Waals surface area contributed by atoms with Gasteiger partial charge in [-0.25, -0.2) is 4.98 Å². The van der Waals surface area contributed by atoms with Crippen molar-refractivity contribution in [2.45, 2.75) is 32.2 Å². The van der Waals surface area contributed by atoms with Gasteiger partial charge in [-0.15, -0.1) is 0 Å². The van der Waals surface area contributed by atoms with Crippen molar-refractivity contribution >= 4 is 29.0 Å². The van der Waals surface area contributed by atoms with Crippen molar-refractivity contribution in [2.75, 3.05) is 4.90 Å². The highest BCUT2D eigenvalue weighted by Crippen LogP contribution is 2.33. The second-order valence-electron chi connectivity index (χ2n) is 3.97. The molecule has 96 valence electrons. The molecule has 1 aromatic rings. The van der Waals surface area contributed by atoms with E-state index in [4.69, 9.17) is 11.6 Å². The summed E-state index contributed by atoms with van der Waals surface area (Å²) in [7, 11) is 0. The molecule has 1 amide bonds. The number of anilines is 1.